The van der Waals surface area contributed by atoms with Gasteiger partial charge in [0.2, 0.25) is 5.91 Å². The van der Waals surface area contributed by atoms with Gasteiger partial charge in [0.1, 0.15) is 5.75 Å². The molecular weight excluding hydrogens is 312 g/mol. The third-order valence-electron chi connectivity index (χ3n) is 6.22. The molecule has 1 heterocycles. The second kappa shape index (κ2) is 6.99. The molecular formula is C21H30N2O2. The number of piperidine rings is 1. The van der Waals surface area contributed by atoms with Gasteiger partial charge in [-0.1, -0.05) is 19.1 Å². The zero-order valence-corrected chi connectivity index (χ0v) is 15.5. The van der Waals surface area contributed by atoms with E-state index in [0.29, 0.717) is 23.9 Å². The van der Waals surface area contributed by atoms with E-state index >= 15 is 0 Å². The number of methoxy groups -OCH3 is 1. The third-order valence-corrected chi connectivity index (χ3v) is 6.22. The van der Waals surface area contributed by atoms with Crippen molar-refractivity contribution in [2.24, 2.45) is 5.92 Å². The number of amides is 1. The number of carbonyl (C=O) groups excluding carboxylic acids is 1. The van der Waals surface area contributed by atoms with Crippen LogP contribution >= 0.6 is 0 Å². The van der Waals surface area contributed by atoms with Gasteiger partial charge in [0.15, 0.2) is 0 Å². The maximum Gasteiger partial charge on any atom is 0.226 e. The molecule has 0 bridgehead atoms. The van der Waals surface area contributed by atoms with Gasteiger partial charge in [0, 0.05) is 31.1 Å². The van der Waals surface area contributed by atoms with Gasteiger partial charge in [0.05, 0.1) is 7.11 Å². The van der Waals surface area contributed by atoms with Crippen molar-refractivity contribution in [3.8, 4) is 5.75 Å². The zero-order chi connectivity index (χ0) is 17.4. The number of rotatable bonds is 6. The lowest BCUT2D eigenvalue weighted by Gasteiger charge is -2.38. The van der Waals surface area contributed by atoms with Crippen LogP contribution in [0.4, 0.5) is 0 Å². The van der Waals surface area contributed by atoms with E-state index in [1.807, 2.05) is 12.1 Å². The molecule has 2 aliphatic carbocycles. The fourth-order valence-electron chi connectivity index (χ4n) is 4.42. The van der Waals surface area contributed by atoms with Crippen LogP contribution < -0.4 is 4.74 Å². The minimum atomic E-state index is 0.192. The van der Waals surface area contributed by atoms with Crippen LogP contribution in [0.15, 0.2) is 24.3 Å². The molecule has 2 atom stereocenters. The standard InChI is InChI=1S/C21H30N2O2/c1-3-22-11-9-17(10-12-22)23(16-7-8-16)21(24)20-14-19(20)15-5-4-6-18(13-15)25-2/h4-6,13,16-17,19-20H,3,7-12,14H2,1-2H3/t19-,20-/m0/s1. The fraction of sp³-hybridized carbons (Fsp3) is 0.667. The molecule has 4 rings (SSSR count). The summed E-state index contributed by atoms with van der Waals surface area (Å²) in [4.78, 5) is 18.1. The molecule has 1 aliphatic heterocycles. The lowest BCUT2D eigenvalue weighted by molar-refractivity contribution is -0.136. The summed E-state index contributed by atoms with van der Waals surface area (Å²) in [5.74, 6) is 1.89. The van der Waals surface area contributed by atoms with Crippen molar-refractivity contribution >= 4 is 5.91 Å². The summed E-state index contributed by atoms with van der Waals surface area (Å²) in [5.41, 5.74) is 1.26. The molecule has 4 nitrogen and oxygen atoms in total. The van der Waals surface area contributed by atoms with E-state index in [1.54, 1.807) is 7.11 Å². The molecule has 4 heteroatoms. The van der Waals surface area contributed by atoms with Crippen molar-refractivity contribution in [2.75, 3.05) is 26.7 Å². The summed E-state index contributed by atoms with van der Waals surface area (Å²) in [6.07, 6.45) is 5.70. The van der Waals surface area contributed by atoms with Crippen molar-refractivity contribution in [3.63, 3.8) is 0 Å². The van der Waals surface area contributed by atoms with Gasteiger partial charge in [0.25, 0.3) is 0 Å². The minimum Gasteiger partial charge on any atom is -0.497 e. The first-order valence-corrected chi connectivity index (χ1v) is 9.89. The van der Waals surface area contributed by atoms with Crippen LogP contribution in [0.5, 0.6) is 5.75 Å². The average Bonchev–Trinajstić information content (AvgIpc) is 3.56. The minimum absolute atomic E-state index is 0.192. The largest absolute Gasteiger partial charge is 0.497 e. The molecule has 136 valence electrons. The van der Waals surface area contributed by atoms with Crippen LogP contribution in [0.2, 0.25) is 0 Å². The summed E-state index contributed by atoms with van der Waals surface area (Å²) in [5, 5.41) is 0. The first kappa shape index (κ1) is 16.9. The monoisotopic (exact) mass is 342 g/mol. The van der Waals surface area contributed by atoms with E-state index < -0.39 is 0 Å². The Bertz CT molecular complexity index is 620. The van der Waals surface area contributed by atoms with Gasteiger partial charge in [-0.3, -0.25) is 4.79 Å². The second-order valence-electron chi connectivity index (χ2n) is 7.87. The van der Waals surface area contributed by atoms with Crippen LogP contribution in [-0.4, -0.2) is 54.5 Å². The molecule has 25 heavy (non-hydrogen) atoms. The highest BCUT2D eigenvalue weighted by Crippen LogP contribution is 2.50. The van der Waals surface area contributed by atoms with Crippen LogP contribution in [0.25, 0.3) is 0 Å². The van der Waals surface area contributed by atoms with Gasteiger partial charge in [-0.25, -0.2) is 0 Å². The highest BCUT2D eigenvalue weighted by Gasteiger charge is 2.50. The maximum atomic E-state index is 13.3. The number of likely N-dealkylation sites (tertiary alicyclic amines) is 1. The first-order valence-electron chi connectivity index (χ1n) is 9.89. The number of carbonyl (C=O) groups is 1. The quantitative estimate of drug-likeness (QED) is 0.795. The Hall–Kier alpha value is -1.55. The first-order chi connectivity index (χ1) is 12.2. The summed E-state index contributed by atoms with van der Waals surface area (Å²) in [7, 11) is 1.70. The molecule has 0 aromatic heterocycles. The Labute approximate surface area is 151 Å². The van der Waals surface area contributed by atoms with Gasteiger partial charge < -0.3 is 14.5 Å². The lowest BCUT2D eigenvalue weighted by Crippen LogP contribution is -2.49. The Balaban J connectivity index is 1.42. The van der Waals surface area contributed by atoms with E-state index in [4.69, 9.17) is 4.74 Å². The SMILES string of the molecule is CCN1CCC(N(C(=O)[C@H]2C[C@H]2c2cccc(OC)c2)C2CC2)CC1. The Kier molecular flexibility index (Phi) is 4.72. The predicted octanol–water partition coefficient (Wildman–Crippen LogP) is 3.27. The van der Waals surface area contributed by atoms with E-state index in [0.717, 1.165) is 44.6 Å². The average molecular weight is 342 g/mol. The van der Waals surface area contributed by atoms with Gasteiger partial charge >= 0.3 is 0 Å². The molecule has 2 saturated carbocycles. The summed E-state index contributed by atoms with van der Waals surface area (Å²) < 4.78 is 5.34. The summed E-state index contributed by atoms with van der Waals surface area (Å²) in [6, 6.07) is 9.24. The number of hydrogen-bond acceptors (Lipinski definition) is 3. The van der Waals surface area contributed by atoms with Crippen LogP contribution in [-0.2, 0) is 4.79 Å². The molecule has 0 radical (unpaired) electrons. The van der Waals surface area contributed by atoms with Crippen molar-refractivity contribution in [2.45, 2.75) is 57.0 Å². The highest BCUT2D eigenvalue weighted by atomic mass is 16.5. The van der Waals surface area contributed by atoms with Crippen molar-refractivity contribution < 1.29 is 9.53 Å². The molecule has 3 aliphatic rings. The molecule has 1 saturated heterocycles. The van der Waals surface area contributed by atoms with Crippen molar-refractivity contribution in [3.05, 3.63) is 29.8 Å². The molecule has 3 fully saturated rings. The summed E-state index contributed by atoms with van der Waals surface area (Å²) in [6.45, 7) is 5.64. The Morgan fingerprint density at radius 1 is 1.20 bits per heavy atom. The fourth-order valence-corrected chi connectivity index (χ4v) is 4.42. The molecule has 0 unspecified atom stereocenters. The van der Waals surface area contributed by atoms with Gasteiger partial charge in [-0.2, -0.15) is 0 Å². The number of benzene rings is 1. The van der Waals surface area contributed by atoms with Crippen LogP contribution in [0.1, 0.15) is 50.5 Å². The Morgan fingerprint density at radius 2 is 1.92 bits per heavy atom. The topological polar surface area (TPSA) is 32.8 Å². The van der Waals surface area contributed by atoms with Crippen LogP contribution in [0.3, 0.4) is 0 Å². The molecule has 1 aromatic carbocycles. The van der Waals surface area contributed by atoms with E-state index in [2.05, 4.69) is 28.9 Å². The highest BCUT2D eigenvalue weighted by molar-refractivity contribution is 5.84. The number of hydrogen-bond donors (Lipinski definition) is 0. The zero-order valence-electron chi connectivity index (χ0n) is 15.5. The second-order valence-corrected chi connectivity index (χ2v) is 7.87. The van der Waals surface area contributed by atoms with E-state index in [1.165, 1.54) is 18.4 Å². The van der Waals surface area contributed by atoms with E-state index in [9.17, 15) is 4.79 Å². The molecule has 0 N–H and O–H groups in total. The normalized spacial score (nSPS) is 27.1. The van der Waals surface area contributed by atoms with E-state index in [-0.39, 0.29) is 5.92 Å². The number of nitrogens with zero attached hydrogens (tertiary/aromatic N) is 2. The number of ether oxygens (including phenoxy) is 1. The van der Waals surface area contributed by atoms with Crippen molar-refractivity contribution in [1.29, 1.82) is 0 Å². The lowest BCUT2D eigenvalue weighted by atomic mass is 10.0. The predicted molar refractivity (Wildman–Crippen MR) is 98.8 cm³/mol. The van der Waals surface area contributed by atoms with Crippen LogP contribution in [0, 0.1) is 5.92 Å². The molecule has 1 amide bonds. The van der Waals surface area contributed by atoms with Crippen molar-refractivity contribution in [1.82, 2.24) is 9.80 Å². The summed E-state index contributed by atoms with van der Waals surface area (Å²) >= 11 is 0. The Morgan fingerprint density at radius 3 is 2.56 bits per heavy atom. The smallest absolute Gasteiger partial charge is 0.226 e. The third kappa shape index (κ3) is 3.55. The van der Waals surface area contributed by atoms with Gasteiger partial charge in [-0.05, 0) is 62.3 Å². The maximum absolute atomic E-state index is 13.3. The van der Waals surface area contributed by atoms with Gasteiger partial charge in [-0.15, -0.1) is 0 Å². The molecule has 0 spiro atoms. The molecule has 1 aromatic rings.